The number of H-pyrrole nitrogens is 2. The Morgan fingerprint density at radius 3 is 2.71 bits per heavy atom. The molecule has 3 N–H and O–H groups in total. The van der Waals surface area contributed by atoms with E-state index >= 15 is 0 Å². The molecule has 0 bridgehead atoms. The summed E-state index contributed by atoms with van der Waals surface area (Å²) in [4.78, 5) is 22.2. The average molecular weight is 606 g/mol. The van der Waals surface area contributed by atoms with Gasteiger partial charge in [-0.2, -0.15) is 5.10 Å². The number of hydrogen-bond donors (Lipinski definition) is 3. The maximum Gasteiger partial charge on any atom is 0.161 e. The van der Waals surface area contributed by atoms with Gasteiger partial charge >= 0.3 is 0 Å². The van der Waals surface area contributed by atoms with Crippen LogP contribution < -0.4 is 10.1 Å². The van der Waals surface area contributed by atoms with Gasteiger partial charge in [0, 0.05) is 42.6 Å². The quantitative estimate of drug-likeness (QED) is 0.170. The van der Waals surface area contributed by atoms with Gasteiger partial charge in [0.1, 0.15) is 23.7 Å². The number of hydrogen-bond acceptors (Lipinski definition) is 8. The molecule has 10 nitrogen and oxygen atoms in total. The lowest BCUT2D eigenvalue weighted by Gasteiger charge is -2.15. The van der Waals surface area contributed by atoms with Gasteiger partial charge in [0.15, 0.2) is 11.5 Å². The molecule has 11 heteroatoms. The van der Waals surface area contributed by atoms with Gasteiger partial charge < -0.3 is 19.9 Å². The largest absolute Gasteiger partial charge is 0.491 e. The topological polar surface area (TPSA) is 111 Å². The van der Waals surface area contributed by atoms with Gasteiger partial charge in [0.2, 0.25) is 0 Å². The molecule has 45 heavy (non-hydrogen) atoms. The number of fused-ring (bicyclic) bond motifs is 2. The molecule has 1 aliphatic rings. The average Bonchev–Trinajstić information content (AvgIpc) is 3.80. The molecule has 230 valence electrons. The van der Waals surface area contributed by atoms with E-state index in [0.29, 0.717) is 30.2 Å². The highest BCUT2D eigenvalue weighted by Crippen LogP contribution is 2.33. The maximum absolute atomic E-state index is 14.7. The smallest absolute Gasteiger partial charge is 0.161 e. The molecule has 7 rings (SSSR count). The number of anilines is 1. The van der Waals surface area contributed by atoms with Crippen LogP contribution in [0.5, 0.6) is 5.75 Å². The molecule has 0 amide bonds. The molecule has 0 spiro atoms. The summed E-state index contributed by atoms with van der Waals surface area (Å²) in [5, 5.41) is 11.0. The SMILES string of the molecule is CN(C)CCNc1cc(F)cc(-c2cccc3[nH]c(-c4n[nH]c5ccc(-c6cncc(OCCN7CCCC7)c6)nc45)nc23)c1. The van der Waals surface area contributed by atoms with Crippen LogP contribution in [0.2, 0.25) is 0 Å². The number of halogens is 1. The number of pyridine rings is 2. The zero-order valence-electron chi connectivity index (χ0n) is 25.5. The summed E-state index contributed by atoms with van der Waals surface area (Å²) in [7, 11) is 4.02. The number of likely N-dealkylation sites (N-methyl/N-ethyl adjacent to an activating group) is 1. The van der Waals surface area contributed by atoms with Crippen molar-refractivity contribution in [2.75, 3.05) is 58.7 Å². The molecule has 0 unspecified atom stereocenters. The number of aromatic nitrogens is 6. The predicted octanol–water partition coefficient (Wildman–Crippen LogP) is 5.82. The third-order valence-corrected chi connectivity index (χ3v) is 8.13. The van der Waals surface area contributed by atoms with Gasteiger partial charge in [-0.15, -0.1) is 0 Å². The van der Waals surface area contributed by atoms with E-state index in [2.05, 4.69) is 35.3 Å². The van der Waals surface area contributed by atoms with E-state index in [1.165, 1.54) is 25.0 Å². The van der Waals surface area contributed by atoms with E-state index in [4.69, 9.17) is 14.7 Å². The Kier molecular flexibility index (Phi) is 8.10. The highest BCUT2D eigenvalue weighted by atomic mass is 19.1. The zero-order valence-corrected chi connectivity index (χ0v) is 25.5. The molecular formula is C34H36FN9O. The second kappa shape index (κ2) is 12.6. The number of rotatable bonds is 11. The van der Waals surface area contributed by atoms with E-state index in [-0.39, 0.29) is 5.82 Å². The van der Waals surface area contributed by atoms with Crippen LogP contribution in [0, 0.1) is 5.82 Å². The number of nitrogens with zero attached hydrogens (tertiary/aromatic N) is 6. The van der Waals surface area contributed by atoms with Crippen LogP contribution in [0.4, 0.5) is 10.1 Å². The first kappa shape index (κ1) is 28.9. The lowest BCUT2D eigenvalue weighted by Crippen LogP contribution is -2.25. The minimum absolute atomic E-state index is 0.307. The van der Waals surface area contributed by atoms with Crippen molar-refractivity contribution in [3.05, 3.63) is 72.8 Å². The minimum atomic E-state index is -0.307. The van der Waals surface area contributed by atoms with Gasteiger partial charge in [-0.3, -0.25) is 15.0 Å². The van der Waals surface area contributed by atoms with Gasteiger partial charge in [0.05, 0.1) is 28.4 Å². The number of ether oxygens (including phenoxy) is 1. The van der Waals surface area contributed by atoms with Crippen LogP contribution in [-0.4, -0.2) is 93.4 Å². The minimum Gasteiger partial charge on any atom is -0.491 e. The van der Waals surface area contributed by atoms with Crippen LogP contribution in [0.25, 0.3) is 56.0 Å². The highest BCUT2D eigenvalue weighted by Gasteiger charge is 2.18. The summed E-state index contributed by atoms with van der Waals surface area (Å²) in [6.07, 6.45) is 6.05. The van der Waals surface area contributed by atoms with Crippen molar-refractivity contribution in [1.82, 2.24) is 39.9 Å². The molecule has 0 aliphatic carbocycles. The molecular weight excluding hydrogens is 569 g/mol. The molecule has 0 saturated carbocycles. The fourth-order valence-electron chi connectivity index (χ4n) is 5.81. The van der Waals surface area contributed by atoms with Crippen LogP contribution in [0.3, 0.4) is 0 Å². The molecule has 5 heterocycles. The van der Waals surface area contributed by atoms with Gasteiger partial charge in [0.25, 0.3) is 0 Å². The van der Waals surface area contributed by atoms with Gasteiger partial charge in [-0.05, 0) is 88.1 Å². The van der Waals surface area contributed by atoms with E-state index < -0.39 is 0 Å². The van der Waals surface area contributed by atoms with Crippen molar-refractivity contribution in [3.8, 4) is 39.7 Å². The van der Waals surface area contributed by atoms with E-state index in [1.807, 2.05) is 56.6 Å². The highest BCUT2D eigenvalue weighted by molar-refractivity contribution is 5.96. The third kappa shape index (κ3) is 6.36. The number of para-hydroxylation sites is 1. The maximum atomic E-state index is 14.7. The standard InChI is InChI=1S/C34H36FN9O/c1-43(2)13-10-37-25-17-22(16-24(35)19-25)27-6-5-7-29-31(27)40-34(39-29)33-32-30(41-42-33)9-8-28(38-32)23-18-26(21-36-20-23)45-15-14-44-11-3-4-12-44/h5-9,16-21,37H,3-4,10-15H2,1-2H3,(H,39,40)(H,41,42). The summed E-state index contributed by atoms with van der Waals surface area (Å²) in [6, 6.07) is 16.7. The molecule has 4 aromatic heterocycles. The van der Waals surface area contributed by atoms with Crippen molar-refractivity contribution in [2.24, 2.45) is 0 Å². The van der Waals surface area contributed by atoms with Crippen LogP contribution >= 0.6 is 0 Å². The first-order valence-corrected chi connectivity index (χ1v) is 15.3. The number of benzene rings is 2. The number of aromatic amines is 2. The molecule has 0 radical (unpaired) electrons. The van der Waals surface area contributed by atoms with Crippen LogP contribution in [0.15, 0.2) is 67.0 Å². The molecule has 1 saturated heterocycles. The Hall–Kier alpha value is -4.87. The number of likely N-dealkylation sites (tertiary alicyclic amines) is 1. The van der Waals surface area contributed by atoms with Crippen LogP contribution in [0.1, 0.15) is 12.8 Å². The fraction of sp³-hybridized carbons (Fsp3) is 0.294. The van der Waals surface area contributed by atoms with Crippen molar-refractivity contribution in [3.63, 3.8) is 0 Å². The molecule has 6 aromatic rings. The molecule has 2 aromatic carbocycles. The van der Waals surface area contributed by atoms with Crippen molar-refractivity contribution in [1.29, 1.82) is 0 Å². The summed E-state index contributed by atoms with van der Waals surface area (Å²) < 4.78 is 20.7. The second-order valence-corrected chi connectivity index (χ2v) is 11.7. The van der Waals surface area contributed by atoms with Crippen molar-refractivity contribution in [2.45, 2.75) is 12.8 Å². The third-order valence-electron chi connectivity index (χ3n) is 8.13. The Balaban J connectivity index is 1.17. The van der Waals surface area contributed by atoms with E-state index in [9.17, 15) is 4.39 Å². The van der Waals surface area contributed by atoms with E-state index in [0.717, 1.165) is 76.6 Å². The first-order valence-electron chi connectivity index (χ1n) is 15.3. The first-order chi connectivity index (χ1) is 22.0. The van der Waals surface area contributed by atoms with Crippen molar-refractivity contribution < 1.29 is 9.13 Å². The predicted molar refractivity (Wildman–Crippen MR) is 176 cm³/mol. The zero-order chi connectivity index (χ0) is 30.8. The van der Waals surface area contributed by atoms with E-state index in [1.54, 1.807) is 12.4 Å². The number of nitrogens with one attached hydrogen (secondary N) is 3. The Labute approximate surface area is 260 Å². The molecule has 1 aliphatic heterocycles. The molecule has 0 atom stereocenters. The Bertz CT molecular complexity index is 1940. The second-order valence-electron chi connectivity index (χ2n) is 11.7. The normalized spacial score (nSPS) is 13.8. The van der Waals surface area contributed by atoms with Gasteiger partial charge in [-0.1, -0.05) is 12.1 Å². The van der Waals surface area contributed by atoms with Crippen LogP contribution in [-0.2, 0) is 0 Å². The summed E-state index contributed by atoms with van der Waals surface area (Å²) in [5.74, 6) is 0.989. The lowest BCUT2D eigenvalue weighted by atomic mass is 10.0. The molecule has 1 fully saturated rings. The summed E-state index contributed by atoms with van der Waals surface area (Å²) in [6.45, 7) is 5.38. The Morgan fingerprint density at radius 1 is 0.956 bits per heavy atom. The van der Waals surface area contributed by atoms with Gasteiger partial charge in [-0.25, -0.2) is 14.4 Å². The Morgan fingerprint density at radius 2 is 1.84 bits per heavy atom. The fourth-order valence-corrected chi connectivity index (χ4v) is 5.81. The van der Waals surface area contributed by atoms with Crippen molar-refractivity contribution >= 4 is 27.8 Å². The monoisotopic (exact) mass is 605 g/mol. The summed E-state index contributed by atoms with van der Waals surface area (Å²) in [5.41, 5.74) is 7.54. The summed E-state index contributed by atoms with van der Waals surface area (Å²) >= 11 is 0. The number of imidazole rings is 1. The lowest BCUT2D eigenvalue weighted by molar-refractivity contribution is 0.237.